The van der Waals surface area contributed by atoms with E-state index in [2.05, 4.69) is 10.1 Å². The predicted molar refractivity (Wildman–Crippen MR) is 97.4 cm³/mol. The molecule has 1 N–H and O–H groups in total. The Bertz CT molecular complexity index is 721. The third-order valence-electron chi connectivity index (χ3n) is 3.46. The molecule has 0 saturated carbocycles. The quantitative estimate of drug-likeness (QED) is 0.516. The lowest BCUT2D eigenvalue weighted by Crippen LogP contribution is -2.38. The van der Waals surface area contributed by atoms with Gasteiger partial charge in [-0.2, -0.15) is 4.31 Å². The van der Waals surface area contributed by atoms with Gasteiger partial charge in [0.25, 0.3) is 0 Å². The van der Waals surface area contributed by atoms with Crippen LogP contribution in [0.3, 0.4) is 0 Å². The maximum Gasteiger partial charge on any atom is 0.337 e. The van der Waals surface area contributed by atoms with Crippen LogP contribution >= 0.6 is 11.6 Å². The van der Waals surface area contributed by atoms with Crippen molar-refractivity contribution < 1.29 is 22.7 Å². The van der Waals surface area contributed by atoms with E-state index in [9.17, 15) is 18.0 Å². The molecule has 140 valence electrons. The highest BCUT2D eigenvalue weighted by Gasteiger charge is 2.20. The molecule has 0 radical (unpaired) electrons. The van der Waals surface area contributed by atoms with Gasteiger partial charge in [-0.15, -0.1) is 0 Å². The summed E-state index contributed by atoms with van der Waals surface area (Å²) in [5, 5.41) is 2.77. The van der Waals surface area contributed by atoms with Crippen LogP contribution in [0.1, 0.15) is 36.5 Å². The van der Waals surface area contributed by atoms with Crippen LogP contribution in [0.4, 0.5) is 5.69 Å². The summed E-state index contributed by atoms with van der Waals surface area (Å²) in [6.07, 6.45) is 3.56. The van der Waals surface area contributed by atoms with Crippen molar-refractivity contribution in [3.05, 3.63) is 28.8 Å². The van der Waals surface area contributed by atoms with Crippen molar-refractivity contribution in [1.29, 1.82) is 0 Å². The van der Waals surface area contributed by atoms with Gasteiger partial charge in [0.2, 0.25) is 15.9 Å². The summed E-state index contributed by atoms with van der Waals surface area (Å²) >= 11 is 6.02. The van der Waals surface area contributed by atoms with E-state index in [0.29, 0.717) is 6.42 Å². The smallest absolute Gasteiger partial charge is 0.337 e. The molecule has 25 heavy (non-hydrogen) atoms. The van der Waals surface area contributed by atoms with Gasteiger partial charge in [-0.25, -0.2) is 13.2 Å². The minimum atomic E-state index is -3.50. The number of ether oxygens (including phenoxy) is 1. The van der Waals surface area contributed by atoms with E-state index in [1.807, 2.05) is 6.92 Å². The molecule has 1 aromatic carbocycles. The van der Waals surface area contributed by atoms with Crippen molar-refractivity contribution in [3.8, 4) is 0 Å². The Kier molecular flexibility index (Phi) is 8.34. The highest BCUT2D eigenvalue weighted by Crippen LogP contribution is 2.23. The lowest BCUT2D eigenvalue weighted by molar-refractivity contribution is -0.116. The fourth-order valence-corrected chi connectivity index (χ4v) is 3.09. The summed E-state index contributed by atoms with van der Waals surface area (Å²) in [6, 6.07) is 4.31. The number of carbonyl (C=O) groups excluding carboxylic acids is 2. The molecular formula is C16H23ClN2O5S. The standard InChI is InChI=1S/C16H23ClN2O5S/c1-4-5-6-9-19(25(3,22)23)11-15(20)18-14-10-12(16(21)24-2)7-8-13(14)17/h7-8,10H,4-6,9,11H2,1-3H3,(H,18,20). The zero-order valence-corrected chi connectivity index (χ0v) is 16.1. The van der Waals surface area contributed by atoms with Gasteiger partial charge < -0.3 is 10.1 Å². The molecule has 1 rings (SSSR count). The fraction of sp³-hybridized carbons (Fsp3) is 0.500. The summed E-state index contributed by atoms with van der Waals surface area (Å²) in [4.78, 5) is 23.8. The largest absolute Gasteiger partial charge is 0.465 e. The molecule has 0 heterocycles. The summed E-state index contributed by atoms with van der Waals surface area (Å²) in [6.45, 7) is 1.96. The van der Waals surface area contributed by atoms with Gasteiger partial charge in [-0.1, -0.05) is 31.4 Å². The molecule has 0 aliphatic rings. The Balaban J connectivity index is 2.84. The van der Waals surface area contributed by atoms with Gasteiger partial charge in [-0.3, -0.25) is 4.79 Å². The van der Waals surface area contributed by atoms with E-state index in [1.54, 1.807) is 0 Å². The number of nitrogens with one attached hydrogen (secondary N) is 1. The molecule has 0 bridgehead atoms. The van der Waals surface area contributed by atoms with Gasteiger partial charge in [-0.05, 0) is 24.6 Å². The first kappa shape index (κ1) is 21.4. The number of halogens is 1. The van der Waals surface area contributed by atoms with Crippen molar-refractivity contribution in [2.24, 2.45) is 0 Å². The van der Waals surface area contributed by atoms with Crippen molar-refractivity contribution in [2.45, 2.75) is 26.2 Å². The number of esters is 1. The van der Waals surface area contributed by atoms with E-state index in [-0.39, 0.29) is 29.4 Å². The second-order valence-corrected chi connectivity index (χ2v) is 7.93. The average molecular weight is 391 g/mol. The molecule has 9 heteroatoms. The van der Waals surface area contributed by atoms with E-state index >= 15 is 0 Å². The third-order valence-corrected chi connectivity index (χ3v) is 5.04. The summed E-state index contributed by atoms with van der Waals surface area (Å²) in [5.74, 6) is -1.10. The molecule has 1 aromatic rings. The summed E-state index contributed by atoms with van der Waals surface area (Å²) in [7, 11) is -2.26. The molecule has 0 atom stereocenters. The molecule has 0 spiro atoms. The number of methoxy groups -OCH3 is 1. The number of nitrogens with zero attached hydrogens (tertiary/aromatic N) is 1. The van der Waals surface area contributed by atoms with Crippen LogP contribution in [0.5, 0.6) is 0 Å². The van der Waals surface area contributed by atoms with Crippen LogP contribution in [0, 0.1) is 0 Å². The number of sulfonamides is 1. The Morgan fingerprint density at radius 1 is 1.28 bits per heavy atom. The number of hydrogen-bond donors (Lipinski definition) is 1. The van der Waals surface area contributed by atoms with E-state index in [0.717, 1.165) is 23.4 Å². The Morgan fingerprint density at radius 3 is 2.52 bits per heavy atom. The lowest BCUT2D eigenvalue weighted by atomic mass is 10.2. The normalized spacial score (nSPS) is 11.4. The third kappa shape index (κ3) is 7.01. The van der Waals surface area contributed by atoms with Crippen LogP contribution in [0.2, 0.25) is 5.02 Å². The van der Waals surface area contributed by atoms with Crippen molar-refractivity contribution in [1.82, 2.24) is 4.31 Å². The van der Waals surface area contributed by atoms with Crippen molar-refractivity contribution >= 4 is 39.2 Å². The van der Waals surface area contributed by atoms with Gasteiger partial charge in [0.1, 0.15) is 0 Å². The van der Waals surface area contributed by atoms with Crippen LogP contribution < -0.4 is 5.32 Å². The number of carbonyl (C=O) groups is 2. The SMILES string of the molecule is CCCCCN(CC(=O)Nc1cc(C(=O)OC)ccc1Cl)S(C)(=O)=O. The molecule has 0 aromatic heterocycles. The molecule has 7 nitrogen and oxygen atoms in total. The van der Waals surface area contributed by atoms with Crippen LogP contribution in [-0.2, 0) is 19.6 Å². The monoisotopic (exact) mass is 390 g/mol. The number of rotatable bonds is 9. The maximum absolute atomic E-state index is 12.2. The van der Waals surface area contributed by atoms with Gasteiger partial charge in [0.15, 0.2) is 0 Å². The number of unbranched alkanes of at least 4 members (excludes halogenated alkanes) is 2. The van der Waals surface area contributed by atoms with E-state index in [4.69, 9.17) is 11.6 Å². The van der Waals surface area contributed by atoms with Crippen LogP contribution in [-0.4, -0.2) is 51.1 Å². The Labute approximate surface area is 153 Å². The molecule has 0 saturated heterocycles. The minimum Gasteiger partial charge on any atom is -0.465 e. The molecule has 0 unspecified atom stereocenters. The Hall–Kier alpha value is -1.64. The summed E-state index contributed by atoms with van der Waals surface area (Å²) in [5.41, 5.74) is 0.446. The van der Waals surface area contributed by atoms with Gasteiger partial charge in [0.05, 0.1) is 36.2 Å². The van der Waals surface area contributed by atoms with Crippen molar-refractivity contribution in [2.75, 3.05) is 31.8 Å². The van der Waals surface area contributed by atoms with E-state index < -0.39 is 21.9 Å². The summed E-state index contributed by atoms with van der Waals surface area (Å²) < 4.78 is 29.4. The first-order valence-electron chi connectivity index (χ1n) is 7.81. The molecule has 0 aliphatic carbocycles. The molecule has 0 aliphatic heterocycles. The zero-order chi connectivity index (χ0) is 19.0. The predicted octanol–water partition coefficient (Wildman–Crippen LogP) is 2.52. The molecule has 1 amide bonds. The lowest BCUT2D eigenvalue weighted by Gasteiger charge is -2.19. The molecular weight excluding hydrogens is 368 g/mol. The maximum atomic E-state index is 12.2. The number of benzene rings is 1. The first-order chi connectivity index (χ1) is 11.7. The van der Waals surface area contributed by atoms with Gasteiger partial charge in [0, 0.05) is 6.54 Å². The van der Waals surface area contributed by atoms with E-state index in [1.165, 1.54) is 25.3 Å². The second kappa shape index (κ2) is 9.74. The van der Waals surface area contributed by atoms with Gasteiger partial charge >= 0.3 is 5.97 Å². The van der Waals surface area contributed by atoms with Crippen LogP contribution in [0.15, 0.2) is 18.2 Å². The molecule has 0 fully saturated rings. The van der Waals surface area contributed by atoms with Crippen LogP contribution in [0.25, 0.3) is 0 Å². The Morgan fingerprint density at radius 2 is 1.96 bits per heavy atom. The fourth-order valence-electron chi connectivity index (χ4n) is 2.12. The number of hydrogen-bond acceptors (Lipinski definition) is 5. The highest BCUT2D eigenvalue weighted by molar-refractivity contribution is 7.88. The number of amides is 1. The van der Waals surface area contributed by atoms with Crippen molar-refractivity contribution in [3.63, 3.8) is 0 Å². The first-order valence-corrected chi connectivity index (χ1v) is 10.0. The zero-order valence-electron chi connectivity index (χ0n) is 14.5. The highest BCUT2D eigenvalue weighted by atomic mass is 35.5. The topological polar surface area (TPSA) is 92.8 Å². The number of anilines is 1. The second-order valence-electron chi connectivity index (χ2n) is 5.54. The minimum absolute atomic E-state index is 0.219. The average Bonchev–Trinajstić information content (AvgIpc) is 2.54.